The van der Waals surface area contributed by atoms with Crippen LogP contribution in [0.15, 0.2) is 52.3 Å². The predicted octanol–water partition coefficient (Wildman–Crippen LogP) is 1.67. The molecule has 0 aliphatic rings. The number of hydrogen-bond donors (Lipinski definition) is 2. The van der Waals surface area contributed by atoms with Crippen molar-refractivity contribution >= 4 is 25.7 Å². The molecule has 0 atom stereocenters. The molecule has 23 heavy (non-hydrogen) atoms. The van der Waals surface area contributed by atoms with Crippen molar-refractivity contribution < 1.29 is 25.6 Å². The SMILES string of the molecule is CNS(=O)(=O)c1cccc(S(=O)(=O)Nc2ccc(F)c(F)c2)c1. The smallest absolute Gasteiger partial charge is 0.261 e. The highest BCUT2D eigenvalue weighted by Gasteiger charge is 2.19. The normalized spacial score (nSPS) is 12.1. The second-order valence-corrected chi connectivity index (χ2v) is 7.99. The highest BCUT2D eigenvalue weighted by molar-refractivity contribution is 7.93. The quantitative estimate of drug-likeness (QED) is 0.846. The van der Waals surface area contributed by atoms with E-state index in [2.05, 4.69) is 4.72 Å². The molecule has 0 saturated heterocycles. The molecule has 6 nitrogen and oxygen atoms in total. The molecule has 0 aliphatic heterocycles. The third-order valence-corrected chi connectivity index (χ3v) is 5.66. The summed E-state index contributed by atoms with van der Waals surface area (Å²) in [5, 5.41) is 0. The van der Waals surface area contributed by atoms with Crippen LogP contribution < -0.4 is 9.44 Å². The van der Waals surface area contributed by atoms with E-state index in [1.807, 2.05) is 4.72 Å². The third kappa shape index (κ3) is 3.84. The van der Waals surface area contributed by atoms with Crippen LogP contribution in [-0.4, -0.2) is 23.9 Å². The number of nitrogens with one attached hydrogen (secondary N) is 2. The summed E-state index contributed by atoms with van der Waals surface area (Å²) in [6, 6.07) is 7.11. The van der Waals surface area contributed by atoms with E-state index in [0.717, 1.165) is 18.2 Å². The number of benzene rings is 2. The summed E-state index contributed by atoms with van der Waals surface area (Å²) >= 11 is 0. The molecule has 0 fully saturated rings. The maximum Gasteiger partial charge on any atom is 0.261 e. The summed E-state index contributed by atoms with van der Waals surface area (Å²) in [5.41, 5.74) is -0.189. The molecule has 0 spiro atoms. The molecule has 2 aromatic carbocycles. The Labute approximate surface area is 132 Å². The minimum atomic E-state index is -4.17. The van der Waals surface area contributed by atoms with Crippen LogP contribution in [0.4, 0.5) is 14.5 Å². The zero-order valence-corrected chi connectivity index (χ0v) is 13.4. The summed E-state index contributed by atoms with van der Waals surface area (Å²) in [7, 11) is -6.79. The fourth-order valence-electron chi connectivity index (χ4n) is 1.70. The van der Waals surface area contributed by atoms with E-state index < -0.39 is 31.7 Å². The lowest BCUT2D eigenvalue weighted by Gasteiger charge is -2.10. The molecule has 0 aliphatic carbocycles. The summed E-state index contributed by atoms with van der Waals surface area (Å²) < 4.78 is 77.9. The van der Waals surface area contributed by atoms with E-state index in [0.29, 0.717) is 6.07 Å². The van der Waals surface area contributed by atoms with Crippen LogP contribution >= 0.6 is 0 Å². The van der Waals surface area contributed by atoms with Crippen LogP contribution in [0.2, 0.25) is 0 Å². The van der Waals surface area contributed by atoms with Crippen molar-refractivity contribution in [3.05, 3.63) is 54.1 Å². The van der Waals surface area contributed by atoms with Gasteiger partial charge in [-0.15, -0.1) is 0 Å². The van der Waals surface area contributed by atoms with Crippen LogP contribution in [0.5, 0.6) is 0 Å². The average Bonchev–Trinajstić information content (AvgIpc) is 2.51. The predicted molar refractivity (Wildman–Crippen MR) is 79.9 cm³/mol. The Bertz CT molecular complexity index is 944. The molecule has 0 radical (unpaired) electrons. The molecule has 10 heteroatoms. The van der Waals surface area contributed by atoms with Gasteiger partial charge in [0.15, 0.2) is 11.6 Å². The van der Waals surface area contributed by atoms with Crippen molar-refractivity contribution in [2.24, 2.45) is 0 Å². The molecule has 0 saturated carbocycles. The molecule has 0 bridgehead atoms. The number of hydrogen-bond acceptors (Lipinski definition) is 4. The van der Waals surface area contributed by atoms with Gasteiger partial charge in [-0.25, -0.2) is 30.3 Å². The first-order valence-electron chi connectivity index (χ1n) is 6.17. The van der Waals surface area contributed by atoms with Gasteiger partial charge in [-0.1, -0.05) is 6.07 Å². The van der Waals surface area contributed by atoms with Crippen molar-refractivity contribution in [1.82, 2.24) is 4.72 Å². The summed E-state index contributed by atoms with van der Waals surface area (Å²) in [4.78, 5) is -0.577. The van der Waals surface area contributed by atoms with Crippen molar-refractivity contribution in [3.63, 3.8) is 0 Å². The molecular formula is C13H12F2N2O4S2. The molecule has 2 rings (SSSR count). The summed E-state index contributed by atoms with van der Waals surface area (Å²) in [6.45, 7) is 0. The van der Waals surface area contributed by atoms with Crippen molar-refractivity contribution in [3.8, 4) is 0 Å². The van der Waals surface area contributed by atoms with E-state index >= 15 is 0 Å². The lowest BCUT2D eigenvalue weighted by Crippen LogP contribution is -2.19. The second kappa shape index (κ2) is 6.22. The first-order valence-corrected chi connectivity index (χ1v) is 9.14. The topological polar surface area (TPSA) is 92.3 Å². The van der Waals surface area contributed by atoms with Gasteiger partial charge < -0.3 is 0 Å². The monoisotopic (exact) mass is 362 g/mol. The number of anilines is 1. The Morgan fingerprint density at radius 2 is 1.43 bits per heavy atom. The molecule has 2 aromatic rings. The van der Waals surface area contributed by atoms with Gasteiger partial charge in [-0.2, -0.15) is 0 Å². The highest BCUT2D eigenvalue weighted by Crippen LogP contribution is 2.20. The van der Waals surface area contributed by atoms with Crippen LogP contribution in [0.25, 0.3) is 0 Å². The second-order valence-electron chi connectivity index (χ2n) is 4.42. The Morgan fingerprint density at radius 3 is 2.00 bits per heavy atom. The standard InChI is InChI=1S/C13H12F2N2O4S2/c1-16-22(18,19)10-3-2-4-11(8-10)23(20,21)17-9-5-6-12(14)13(15)7-9/h2-8,16-17H,1H3. The average molecular weight is 362 g/mol. The fourth-order valence-corrected chi connectivity index (χ4v) is 3.65. The van der Waals surface area contributed by atoms with E-state index in [9.17, 15) is 25.6 Å². The minimum Gasteiger partial charge on any atom is -0.280 e. The van der Waals surface area contributed by atoms with E-state index in [1.54, 1.807) is 0 Å². The highest BCUT2D eigenvalue weighted by atomic mass is 32.2. The van der Waals surface area contributed by atoms with E-state index in [4.69, 9.17) is 0 Å². The van der Waals surface area contributed by atoms with Crippen molar-refractivity contribution in [2.75, 3.05) is 11.8 Å². The molecule has 124 valence electrons. The third-order valence-electron chi connectivity index (χ3n) is 2.87. The molecule has 0 unspecified atom stereocenters. The lowest BCUT2D eigenvalue weighted by molar-refractivity contribution is 0.509. The summed E-state index contributed by atoms with van der Waals surface area (Å²) in [6.07, 6.45) is 0. The van der Waals surface area contributed by atoms with Gasteiger partial charge >= 0.3 is 0 Å². The Balaban J connectivity index is 2.40. The first-order chi connectivity index (χ1) is 10.7. The molecule has 2 N–H and O–H groups in total. The van der Waals surface area contributed by atoms with Crippen LogP contribution in [0.3, 0.4) is 0 Å². The summed E-state index contributed by atoms with van der Waals surface area (Å²) in [5.74, 6) is -2.33. The number of rotatable bonds is 5. The van der Waals surface area contributed by atoms with Gasteiger partial charge in [-0.3, -0.25) is 4.72 Å². The maximum atomic E-state index is 13.1. The zero-order chi connectivity index (χ0) is 17.3. The van der Waals surface area contributed by atoms with Gasteiger partial charge in [0.25, 0.3) is 10.0 Å². The fraction of sp³-hybridized carbons (Fsp3) is 0.0769. The number of halogens is 2. The van der Waals surface area contributed by atoms with Gasteiger partial charge in [0.05, 0.1) is 15.5 Å². The minimum absolute atomic E-state index is 0.189. The van der Waals surface area contributed by atoms with Crippen LogP contribution in [0.1, 0.15) is 0 Å². The largest absolute Gasteiger partial charge is 0.280 e. The Kier molecular flexibility index (Phi) is 4.68. The maximum absolute atomic E-state index is 13.1. The van der Waals surface area contributed by atoms with Crippen molar-refractivity contribution in [2.45, 2.75) is 9.79 Å². The molecule has 0 aromatic heterocycles. The van der Waals surface area contributed by atoms with Gasteiger partial charge in [0, 0.05) is 6.07 Å². The van der Waals surface area contributed by atoms with Crippen molar-refractivity contribution in [1.29, 1.82) is 0 Å². The van der Waals surface area contributed by atoms with Gasteiger partial charge in [-0.05, 0) is 37.4 Å². The Hall–Kier alpha value is -2.04. The molecule has 0 amide bonds. The van der Waals surface area contributed by atoms with Gasteiger partial charge in [0.1, 0.15) is 0 Å². The van der Waals surface area contributed by atoms with Crippen LogP contribution in [-0.2, 0) is 20.0 Å². The number of sulfonamides is 2. The molecule has 0 heterocycles. The van der Waals surface area contributed by atoms with Gasteiger partial charge in [0.2, 0.25) is 10.0 Å². The van der Waals surface area contributed by atoms with E-state index in [1.165, 1.54) is 25.2 Å². The van der Waals surface area contributed by atoms with Crippen LogP contribution in [0, 0.1) is 11.6 Å². The Morgan fingerprint density at radius 1 is 0.826 bits per heavy atom. The van der Waals surface area contributed by atoms with E-state index in [-0.39, 0.29) is 15.5 Å². The first kappa shape index (κ1) is 17.3. The zero-order valence-electron chi connectivity index (χ0n) is 11.7. The lowest BCUT2D eigenvalue weighted by atomic mass is 10.3. The molecular weight excluding hydrogens is 350 g/mol.